The summed E-state index contributed by atoms with van der Waals surface area (Å²) in [5, 5.41) is 9.05. The van der Waals surface area contributed by atoms with Crippen LogP contribution in [-0.2, 0) is 16.1 Å². The van der Waals surface area contributed by atoms with Gasteiger partial charge < -0.3 is 10.0 Å². The minimum absolute atomic E-state index is 0.00722. The van der Waals surface area contributed by atoms with Gasteiger partial charge in [0, 0.05) is 34.7 Å². The number of hydrogen-bond donors (Lipinski definition) is 1. The van der Waals surface area contributed by atoms with Crippen molar-refractivity contribution in [1.82, 2.24) is 4.90 Å². The number of nitrogens with zero attached hydrogens (tertiary/aromatic N) is 1. The topological polar surface area (TPSA) is 74.7 Å². The molecule has 0 aliphatic heterocycles. The van der Waals surface area contributed by atoms with Crippen LogP contribution in [0.5, 0.6) is 0 Å². The fraction of sp³-hybridized carbons (Fsp3) is 0.316. The van der Waals surface area contributed by atoms with Crippen LogP contribution < -0.4 is 0 Å². The number of Topliss-reactive ketones (excluding diaryl/α,β-unsaturated/α-hetero) is 1. The first-order chi connectivity index (χ1) is 11.9. The van der Waals surface area contributed by atoms with E-state index in [0.29, 0.717) is 5.56 Å². The number of aliphatic carboxylic acids is 1. The number of aryl methyl sites for hydroxylation is 2. The summed E-state index contributed by atoms with van der Waals surface area (Å²) in [4.78, 5) is 39.1. The summed E-state index contributed by atoms with van der Waals surface area (Å²) >= 11 is 1.55. The number of ketones is 1. The molecule has 0 spiro atoms. The largest absolute Gasteiger partial charge is 0.480 e. The molecule has 25 heavy (non-hydrogen) atoms. The number of carbonyl (C=O) groups is 3. The molecule has 0 radical (unpaired) electrons. The van der Waals surface area contributed by atoms with Gasteiger partial charge >= 0.3 is 5.97 Å². The SMILES string of the molecule is Cc1cc(C(=O)CCC(=O)N(CC(=O)O)Cc2ccccc2)c(C)s1. The van der Waals surface area contributed by atoms with Crippen molar-refractivity contribution in [2.24, 2.45) is 0 Å². The number of amides is 1. The normalized spacial score (nSPS) is 10.5. The lowest BCUT2D eigenvalue weighted by atomic mass is 10.1. The summed E-state index contributed by atoms with van der Waals surface area (Å²) in [5.74, 6) is -1.48. The van der Waals surface area contributed by atoms with Crippen LogP contribution in [0.1, 0.15) is 38.5 Å². The number of benzene rings is 1. The number of carboxylic acids is 1. The molecule has 0 saturated carbocycles. The van der Waals surface area contributed by atoms with E-state index < -0.39 is 5.97 Å². The maximum absolute atomic E-state index is 12.4. The summed E-state index contributed by atoms with van der Waals surface area (Å²) in [6.07, 6.45) is 0.0913. The lowest BCUT2D eigenvalue weighted by Gasteiger charge is -2.20. The molecule has 1 N–H and O–H groups in total. The molecule has 0 aliphatic rings. The summed E-state index contributed by atoms with van der Waals surface area (Å²) in [5.41, 5.74) is 1.51. The number of thiophene rings is 1. The second-order valence-corrected chi connectivity index (χ2v) is 7.34. The predicted octanol–water partition coefficient (Wildman–Crippen LogP) is 3.44. The Hall–Kier alpha value is -2.47. The van der Waals surface area contributed by atoms with E-state index in [4.69, 9.17) is 5.11 Å². The Morgan fingerprint density at radius 1 is 1.08 bits per heavy atom. The highest BCUT2D eigenvalue weighted by Crippen LogP contribution is 2.22. The molecule has 1 amide bonds. The first-order valence-electron chi connectivity index (χ1n) is 8.00. The average Bonchev–Trinajstić information content (AvgIpc) is 2.90. The number of hydrogen-bond acceptors (Lipinski definition) is 4. The molecule has 0 unspecified atom stereocenters. The molecule has 1 heterocycles. The van der Waals surface area contributed by atoms with Gasteiger partial charge in [-0.25, -0.2) is 0 Å². The van der Waals surface area contributed by atoms with Gasteiger partial charge in [0.2, 0.25) is 5.91 Å². The highest BCUT2D eigenvalue weighted by atomic mass is 32.1. The summed E-state index contributed by atoms with van der Waals surface area (Å²) in [6, 6.07) is 11.0. The molecule has 6 heteroatoms. The number of carbonyl (C=O) groups excluding carboxylic acids is 2. The fourth-order valence-electron chi connectivity index (χ4n) is 2.62. The van der Waals surface area contributed by atoms with Crippen LogP contribution in [-0.4, -0.2) is 34.2 Å². The summed E-state index contributed by atoms with van der Waals surface area (Å²) in [6.45, 7) is 3.67. The van der Waals surface area contributed by atoms with E-state index >= 15 is 0 Å². The minimum Gasteiger partial charge on any atom is -0.480 e. The van der Waals surface area contributed by atoms with E-state index in [1.165, 1.54) is 4.90 Å². The molecule has 1 aromatic heterocycles. The van der Waals surface area contributed by atoms with E-state index in [1.54, 1.807) is 11.3 Å². The van der Waals surface area contributed by atoms with E-state index in [9.17, 15) is 14.4 Å². The number of rotatable bonds is 8. The van der Waals surface area contributed by atoms with Gasteiger partial charge in [-0.1, -0.05) is 30.3 Å². The molecule has 2 aromatic rings. The first kappa shape index (κ1) is 18.9. The maximum atomic E-state index is 12.4. The highest BCUT2D eigenvalue weighted by molar-refractivity contribution is 7.12. The Bertz CT molecular complexity index is 767. The van der Waals surface area contributed by atoms with Crippen LogP contribution in [0.15, 0.2) is 36.4 Å². The lowest BCUT2D eigenvalue weighted by molar-refractivity contribution is -0.144. The number of carboxylic acid groups (broad SMARTS) is 1. The van der Waals surface area contributed by atoms with Crippen molar-refractivity contribution in [2.75, 3.05) is 6.54 Å². The van der Waals surface area contributed by atoms with Crippen molar-refractivity contribution in [1.29, 1.82) is 0 Å². The first-order valence-corrected chi connectivity index (χ1v) is 8.82. The van der Waals surface area contributed by atoms with Crippen LogP contribution in [0, 0.1) is 13.8 Å². The Labute approximate surface area is 150 Å². The molecule has 132 valence electrons. The van der Waals surface area contributed by atoms with Crippen molar-refractivity contribution < 1.29 is 19.5 Å². The lowest BCUT2D eigenvalue weighted by Crippen LogP contribution is -2.35. The molecule has 2 rings (SSSR count). The summed E-state index contributed by atoms with van der Waals surface area (Å²) in [7, 11) is 0. The van der Waals surface area contributed by atoms with Gasteiger partial charge in [0.1, 0.15) is 6.54 Å². The standard InChI is InChI=1S/C19H21NO4S/c1-13-10-16(14(2)25-13)17(21)8-9-18(22)20(12-19(23)24)11-15-6-4-3-5-7-15/h3-7,10H,8-9,11-12H2,1-2H3,(H,23,24). The molecule has 0 aliphatic carbocycles. The van der Waals surface area contributed by atoms with Crippen molar-refractivity contribution in [3.63, 3.8) is 0 Å². The Morgan fingerprint density at radius 2 is 1.76 bits per heavy atom. The molecule has 0 fully saturated rings. The quantitative estimate of drug-likeness (QED) is 0.733. The molecule has 0 bridgehead atoms. The molecule has 0 atom stereocenters. The second kappa shape index (κ2) is 8.58. The zero-order valence-corrected chi connectivity index (χ0v) is 15.1. The fourth-order valence-corrected chi connectivity index (χ4v) is 3.56. The molecule has 1 aromatic carbocycles. The third kappa shape index (κ3) is 5.53. The zero-order valence-electron chi connectivity index (χ0n) is 14.3. The van der Waals surface area contributed by atoms with Crippen LogP contribution in [0.2, 0.25) is 0 Å². The average molecular weight is 359 g/mol. The predicted molar refractivity (Wildman–Crippen MR) is 96.9 cm³/mol. The highest BCUT2D eigenvalue weighted by Gasteiger charge is 2.19. The van der Waals surface area contributed by atoms with E-state index in [1.807, 2.05) is 50.2 Å². The monoisotopic (exact) mass is 359 g/mol. The van der Waals surface area contributed by atoms with Crippen molar-refractivity contribution in [3.8, 4) is 0 Å². The van der Waals surface area contributed by atoms with Crippen molar-refractivity contribution in [2.45, 2.75) is 33.2 Å². The van der Waals surface area contributed by atoms with Gasteiger partial charge in [0.25, 0.3) is 0 Å². The minimum atomic E-state index is -1.07. The molecule has 0 saturated heterocycles. The Morgan fingerprint density at radius 3 is 2.32 bits per heavy atom. The van der Waals surface area contributed by atoms with E-state index in [-0.39, 0.29) is 37.6 Å². The molecular formula is C19H21NO4S. The molecule has 5 nitrogen and oxygen atoms in total. The van der Waals surface area contributed by atoms with Gasteiger partial charge in [0.05, 0.1) is 0 Å². The van der Waals surface area contributed by atoms with E-state index in [0.717, 1.165) is 15.3 Å². The Balaban J connectivity index is 2.00. The maximum Gasteiger partial charge on any atom is 0.323 e. The third-order valence-corrected chi connectivity index (χ3v) is 4.77. The van der Waals surface area contributed by atoms with Gasteiger partial charge in [0.15, 0.2) is 5.78 Å². The van der Waals surface area contributed by atoms with Crippen LogP contribution in [0.3, 0.4) is 0 Å². The Kier molecular flexibility index (Phi) is 6.47. The smallest absolute Gasteiger partial charge is 0.323 e. The van der Waals surface area contributed by atoms with Gasteiger partial charge in [-0.2, -0.15) is 0 Å². The summed E-state index contributed by atoms with van der Waals surface area (Å²) < 4.78 is 0. The van der Waals surface area contributed by atoms with Gasteiger partial charge in [-0.3, -0.25) is 14.4 Å². The van der Waals surface area contributed by atoms with Crippen LogP contribution in [0.4, 0.5) is 0 Å². The van der Waals surface area contributed by atoms with Gasteiger partial charge in [-0.15, -0.1) is 11.3 Å². The van der Waals surface area contributed by atoms with Gasteiger partial charge in [-0.05, 0) is 25.5 Å². The van der Waals surface area contributed by atoms with Crippen LogP contribution in [0.25, 0.3) is 0 Å². The van der Waals surface area contributed by atoms with Crippen LogP contribution >= 0.6 is 11.3 Å². The van der Waals surface area contributed by atoms with Crippen molar-refractivity contribution >= 4 is 29.0 Å². The van der Waals surface area contributed by atoms with E-state index in [2.05, 4.69) is 0 Å². The third-order valence-electron chi connectivity index (χ3n) is 3.80. The zero-order chi connectivity index (χ0) is 18.4. The van der Waals surface area contributed by atoms with Crippen molar-refractivity contribution in [3.05, 3.63) is 57.3 Å². The molecular weight excluding hydrogens is 338 g/mol. The second-order valence-electron chi connectivity index (χ2n) is 5.88.